The van der Waals surface area contributed by atoms with E-state index in [-0.39, 0.29) is 11.8 Å². The summed E-state index contributed by atoms with van der Waals surface area (Å²) in [6, 6.07) is 11.6. The Morgan fingerprint density at radius 3 is 2.58 bits per heavy atom. The van der Waals surface area contributed by atoms with Crippen molar-refractivity contribution >= 4 is 35.0 Å². The van der Waals surface area contributed by atoms with Crippen LogP contribution in [0.15, 0.2) is 47.4 Å². The zero-order valence-electron chi connectivity index (χ0n) is 14.2. The molecule has 0 atom stereocenters. The lowest BCUT2D eigenvalue weighted by Crippen LogP contribution is -2.27. The first-order valence-corrected chi connectivity index (χ1v) is 9.15. The topological polar surface area (TPSA) is 49.4 Å². The third-order valence-corrected chi connectivity index (χ3v) is 4.90. The first-order valence-electron chi connectivity index (χ1n) is 8.27. The molecule has 0 aliphatic carbocycles. The number of halogens is 2. The molecule has 7 heteroatoms. The third kappa shape index (κ3) is 4.04. The molecule has 1 heterocycles. The lowest BCUT2D eigenvalue weighted by Gasteiger charge is -2.16. The van der Waals surface area contributed by atoms with E-state index in [4.69, 9.17) is 0 Å². The number of benzene rings is 2. The Balaban J connectivity index is 1.70. The molecular weight excluding hydrogens is 358 g/mol. The van der Waals surface area contributed by atoms with Gasteiger partial charge in [0, 0.05) is 34.8 Å². The number of hydrogen-bond donors (Lipinski definition) is 1. The van der Waals surface area contributed by atoms with Crippen LogP contribution in [0.2, 0.25) is 0 Å². The first-order chi connectivity index (χ1) is 12.5. The van der Waals surface area contributed by atoms with Gasteiger partial charge in [0.2, 0.25) is 5.91 Å². The maximum atomic E-state index is 12.4. The summed E-state index contributed by atoms with van der Waals surface area (Å²) in [6.45, 7) is 2.46. The molecule has 2 amide bonds. The average molecular weight is 376 g/mol. The summed E-state index contributed by atoms with van der Waals surface area (Å²) in [5.74, 6) is -2.67. The van der Waals surface area contributed by atoms with Gasteiger partial charge in [0.25, 0.3) is 11.7 Å². The minimum Gasteiger partial charge on any atom is -0.322 e. The van der Waals surface area contributed by atoms with Crippen molar-refractivity contribution < 1.29 is 18.4 Å². The van der Waals surface area contributed by atoms with Gasteiger partial charge in [0.1, 0.15) is 0 Å². The lowest BCUT2D eigenvalue weighted by molar-refractivity contribution is -0.118. The smallest absolute Gasteiger partial charge is 0.288 e. The van der Waals surface area contributed by atoms with Crippen LogP contribution in [0, 0.1) is 0 Å². The standard InChI is InChI=1S/C19H18F2N2O2S/c1-2-17(24)23-10-9-12-11-13(3-8-16(12)23)18(25)22-14-4-6-15(7-5-14)26-19(20)21/h3-8,11,19H,2,9-10H2,1H3,(H,22,25). The van der Waals surface area contributed by atoms with Crippen LogP contribution >= 0.6 is 11.8 Å². The molecule has 26 heavy (non-hydrogen) atoms. The maximum Gasteiger partial charge on any atom is 0.288 e. The number of hydrogen-bond acceptors (Lipinski definition) is 3. The van der Waals surface area contributed by atoms with Crippen molar-refractivity contribution in [1.82, 2.24) is 0 Å². The number of rotatable bonds is 5. The highest BCUT2D eigenvalue weighted by Gasteiger charge is 2.24. The molecule has 0 bridgehead atoms. The number of fused-ring (bicyclic) bond motifs is 1. The Morgan fingerprint density at radius 1 is 1.19 bits per heavy atom. The highest BCUT2D eigenvalue weighted by Crippen LogP contribution is 2.30. The van der Waals surface area contributed by atoms with Crippen molar-refractivity contribution in [2.75, 3.05) is 16.8 Å². The largest absolute Gasteiger partial charge is 0.322 e. The fourth-order valence-corrected chi connectivity index (χ4v) is 3.41. The second-order valence-corrected chi connectivity index (χ2v) is 6.91. The van der Waals surface area contributed by atoms with E-state index in [1.54, 1.807) is 47.4 Å². The van der Waals surface area contributed by atoms with E-state index in [1.807, 2.05) is 6.92 Å². The van der Waals surface area contributed by atoms with E-state index in [2.05, 4.69) is 5.32 Å². The molecule has 0 fully saturated rings. The molecule has 0 aromatic heterocycles. The van der Waals surface area contributed by atoms with Crippen LogP contribution in [0.5, 0.6) is 0 Å². The monoisotopic (exact) mass is 376 g/mol. The molecule has 0 unspecified atom stereocenters. The van der Waals surface area contributed by atoms with Crippen molar-refractivity contribution in [3.8, 4) is 0 Å². The third-order valence-electron chi connectivity index (χ3n) is 4.18. The second-order valence-electron chi connectivity index (χ2n) is 5.85. The van der Waals surface area contributed by atoms with Gasteiger partial charge in [0.15, 0.2) is 0 Å². The number of carbonyl (C=O) groups is 2. The molecule has 4 nitrogen and oxygen atoms in total. The van der Waals surface area contributed by atoms with Gasteiger partial charge in [-0.15, -0.1) is 0 Å². The molecule has 0 spiro atoms. The highest BCUT2D eigenvalue weighted by molar-refractivity contribution is 7.99. The van der Waals surface area contributed by atoms with Crippen molar-refractivity contribution in [3.63, 3.8) is 0 Å². The fraction of sp³-hybridized carbons (Fsp3) is 0.263. The molecule has 1 aliphatic rings. The van der Waals surface area contributed by atoms with Gasteiger partial charge in [-0.1, -0.05) is 18.7 Å². The van der Waals surface area contributed by atoms with Gasteiger partial charge in [-0.2, -0.15) is 8.78 Å². The van der Waals surface area contributed by atoms with Crippen molar-refractivity contribution in [2.24, 2.45) is 0 Å². The number of amides is 2. The van der Waals surface area contributed by atoms with E-state index in [0.717, 1.165) is 17.7 Å². The fourth-order valence-electron chi connectivity index (χ4n) is 2.92. The van der Waals surface area contributed by atoms with Crippen LogP contribution in [0.4, 0.5) is 20.2 Å². The zero-order chi connectivity index (χ0) is 18.7. The van der Waals surface area contributed by atoms with Crippen LogP contribution in [-0.2, 0) is 11.2 Å². The van der Waals surface area contributed by atoms with Gasteiger partial charge in [-0.05, 0) is 54.4 Å². The normalized spacial score (nSPS) is 13.0. The van der Waals surface area contributed by atoms with Crippen LogP contribution in [0.3, 0.4) is 0 Å². The predicted molar refractivity (Wildman–Crippen MR) is 99.0 cm³/mol. The van der Waals surface area contributed by atoms with E-state index < -0.39 is 5.76 Å². The minimum atomic E-state index is -2.47. The molecule has 136 valence electrons. The summed E-state index contributed by atoms with van der Waals surface area (Å²) >= 11 is 0.462. The number of alkyl halides is 2. The average Bonchev–Trinajstić information content (AvgIpc) is 3.05. The van der Waals surface area contributed by atoms with Crippen LogP contribution in [-0.4, -0.2) is 24.1 Å². The maximum absolute atomic E-state index is 12.4. The van der Waals surface area contributed by atoms with Gasteiger partial charge >= 0.3 is 0 Å². The second kappa shape index (κ2) is 7.86. The molecule has 0 saturated heterocycles. The quantitative estimate of drug-likeness (QED) is 0.779. The number of anilines is 2. The first kappa shape index (κ1) is 18.4. The number of nitrogens with zero attached hydrogens (tertiary/aromatic N) is 1. The lowest BCUT2D eigenvalue weighted by atomic mass is 10.1. The Morgan fingerprint density at radius 2 is 1.92 bits per heavy atom. The summed E-state index contributed by atoms with van der Waals surface area (Å²) in [7, 11) is 0. The summed E-state index contributed by atoms with van der Waals surface area (Å²) in [5.41, 5.74) is 2.88. The molecule has 3 rings (SSSR count). The molecular formula is C19H18F2N2O2S. The molecule has 0 radical (unpaired) electrons. The summed E-state index contributed by atoms with van der Waals surface area (Å²) in [5, 5.41) is 2.76. The molecule has 2 aromatic rings. The van der Waals surface area contributed by atoms with Gasteiger partial charge < -0.3 is 10.2 Å². The van der Waals surface area contributed by atoms with Crippen LogP contribution < -0.4 is 10.2 Å². The van der Waals surface area contributed by atoms with E-state index in [9.17, 15) is 18.4 Å². The van der Waals surface area contributed by atoms with Gasteiger partial charge in [-0.25, -0.2) is 0 Å². The summed E-state index contributed by atoms with van der Waals surface area (Å²) in [4.78, 5) is 26.5. The number of thioether (sulfide) groups is 1. The van der Waals surface area contributed by atoms with Crippen molar-refractivity contribution in [3.05, 3.63) is 53.6 Å². The van der Waals surface area contributed by atoms with Crippen LogP contribution in [0.25, 0.3) is 0 Å². The Bertz CT molecular complexity index is 825. The van der Waals surface area contributed by atoms with Crippen molar-refractivity contribution in [2.45, 2.75) is 30.4 Å². The molecule has 0 saturated carbocycles. The molecule has 1 N–H and O–H groups in total. The number of nitrogens with one attached hydrogen (secondary N) is 1. The molecule has 1 aliphatic heterocycles. The Labute approximate surface area is 154 Å². The zero-order valence-corrected chi connectivity index (χ0v) is 15.0. The number of carbonyl (C=O) groups excluding carboxylic acids is 2. The SMILES string of the molecule is CCC(=O)N1CCc2cc(C(=O)Nc3ccc(SC(F)F)cc3)ccc21. The van der Waals surface area contributed by atoms with E-state index >= 15 is 0 Å². The van der Waals surface area contributed by atoms with E-state index in [1.165, 1.54) is 0 Å². The molecule has 2 aromatic carbocycles. The van der Waals surface area contributed by atoms with E-state index in [0.29, 0.717) is 40.9 Å². The van der Waals surface area contributed by atoms with Gasteiger partial charge in [0.05, 0.1) is 0 Å². The van der Waals surface area contributed by atoms with Gasteiger partial charge in [-0.3, -0.25) is 9.59 Å². The van der Waals surface area contributed by atoms with Crippen LogP contribution in [0.1, 0.15) is 29.3 Å². The van der Waals surface area contributed by atoms with Crippen molar-refractivity contribution in [1.29, 1.82) is 0 Å². The summed E-state index contributed by atoms with van der Waals surface area (Å²) in [6.07, 6.45) is 1.17. The Kier molecular flexibility index (Phi) is 5.56. The Hall–Kier alpha value is -2.41. The minimum absolute atomic E-state index is 0.0720. The summed E-state index contributed by atoms with van der Waals surface area (Å²) < 4.78 is 24.7. The predicted octanol–water partition coefficient (Wildman–Crippen LogP) is 4.55. The highest BCUT2D eigenvalue weighted by atomic mass is 32.2.